The summed E-state index contributed by atoms with van der Waals surface area (Å²) in [5, 5.41) is 17.9. The Hall–Kier alpha value is -1.13. The molecule has 0 unspecified atom stereocenters. The third-order valence-electron chi connectivity index (χ3n) is 2.69. The van der Waals surface area contributed by atoms with E-state index in [0.29, 0.717) is 17.8 Å². The molecule has 1 rings (SSSR count). The van der Waals surface area contributed by atoms with E-state index in [0.717, 1.165) is 19.4 Å². The lowest BCUT2D eigenvalue weighted by molar-refractivity contribution is 0.281. The van der Waals surface area contributed by atoms with Crippen LogP contribution < -0.4 is 4.90 Å². The number of unbranched alkanes of at least 4 members (excludes halogenated alkanes) is 1. The minimum Gasteiger partial charge on any atom is -0.395 e. The van der Waals surface area contributed by atoms with Gasteiger partial charge in [-0.2, -0.15) is 0 Å². The summed E-state index contributed by atoms with van der Waals surface area (Å²) in [5.74, 6) is -0.346. The van der Waals surface area contributed by atoms with Crippen LogP contribution in [0.4, 0.5) is 10.1 Å². The molecule has 0 saturated heterocycles. The Morgan fingerprint density at radius 2 is 2.00 bits per heavy atom. The van der Waals surface area contributed by atoms with Crippen LogP contribution in [0.2, 0.25) is 0 Å². The number of hydrogen-bond acceptors (Lipinski definition) is 3. The maximum Gasteiger partial charge on any atom is 0.146 e. The zero-order valence-electron chi connectivity index (χ0n) is 10.2. The average molecular weight is 241 g/mol. The summed E-state index contributed by atoms with van der Waals surface area (Å²) in [6.45, 7) is 3.07. The molecule has 0 aromatic heterocycles. The Balaban J connectivity index is 2.85. The summed E-state index contributed by atoms with van der Waals surface area (Å²) in [7, 11) is 0. The van der Waals surface area contributed by atoms with E-state index in [1.54, 1.807) is 12.1 Å². The third kappa shape index (κ3) is 3.98. The molecule has 4 heteroatoms. The van der Waals surface area contributed by atoms with Crippen LogP contribution in [0.3, 0.4) is 0 Å². The second-order valence-electron chi connectivity index (χ2n) is 4.01. The minimum atomic E-state index is -0.346. The van der Waals surface area contributed by atoms with Crippen molar-refractivity contribution in [3.05, 3.63) is 29.6 Å². The number of rotatable bonds is 7. The lowest BCUT2D eigenvalue weighted by atomic mass is 10.2. The van der Waals surface area contributed by atoms with Crippen LogP contribution in [0.15, 0.2) is 18.2 Å². The molecule has 3 nitrogen and oxygen atoms in total. The highest BCUT2D eigenvalue weighted by atomic mass is 19.1. The number of nitrogens with zero attached hydrogens (tertiary/aromatic N) is 1. The van der Waals surface area contributed by atoms with Crippen LogP contribution in [-0.2, 0) is 6.61 Å². The summed E-state index contributed by atoms with van der Waals surface area (Å²) in [6, 6.07) is 4.70. The van der Waals surface area contributed by atoms with Gasteiger partial charge in [0.1, 0.15) is 5.82 Å². The Bertz CT molecular complexity index is 344. The molecule has 96 valence electrons. The van der Waals surface area contributed by atoms with Crippen LogP contribution in [0.25, 0.3) is 0 Å². The Kier molecular flexibility index (Phi) is 5.94. The molecular formula is C13H20FNO2. The molecule has 0 aliphatic rings. The van der Waals surface area contributed by atoms with Crippen molar-refractivity contribution in [3.8, 4) is 0 Å². The van der Waals surface area contributed by atoms with Crippen molar-refractivity contribution in [2.75, 3.05) is 24.6 Å². The maximum absolute atomic E-state index is 13.8. The molecule has 0 aliphatic heterocycles. The van der Waals surface area contributed by atoms with E-state index in [1.165, 1.54) is 6.07 Å². The van der Waals surface area contributed by atoms with Gasteiger partial charge in [-0.05, 0) is 24.1 Å². The molecular weight excluding hydrogens is 221 g/mol. The van der Waals surface area contributed by atoms with Gasteiger partial charge >= 0.3 is 0 Å². The van der Waals surface area contributed by atoms with E-state index in [-0.39, 0.29) is 19.0 Å². The summed E-state index contributed by atoms with van der Waals surface area (Å²) in [6.07, 6.45) is 1.99. The zero-order valence-corrected chi connectivity index (χ0v) is 10.2. The number of aliphatic hydroxyl groups excluding tert-OH is 2. The van der Waals surface area contributed by atoms with Crippen molar-refractivity contribution >= 4 is 5.69 Å². The molecule has 0 atom stereocenters. The first kappa shape index (κ1) is 13.9. The predicted octanol–water partition coefficient (Wildman–Crippen LogP) is 1.92. The molecule has 0 aliphatic carbocycles. The molecule has 0 heterocycles. The monoisotopic (exact) mass is 241 g/mol. The van der Waals surface area contributed by atoms with Gasteiger partial charge in [0.25, 0.3) is 0 Å². The summed E-state index contributed by atoms with van der Waals surface area (Å²) in [5.41, 5.74) is 1.05. The molecule has 0 radical (unpaired) electrons. The first-order valence-corrected chi connectivity index (χ1v) is 5.98. The van der Waals surface area contributed by atoms with Gasteiger partial charge in [-0.1, -0.05) is 19.4 Å². The van der Waals surface area contributed by atoms with Gasteiger partial charge in [-0.3, -0.25) is 0 Å². The lowest BCUT2D eigenvalue weighted by Crippen LogP contribution is -2.28. The Morgan fingerprint density at radius 1 is 1.24 bits per heavy atom. The van der Waals surface area contributed by atoms with Crippen LogP contribution in [0, 0.1) is 5.82 Å². The lowest BCUT2D eigenvalue weighted by Gasteiger charge is -2.24. The molecule has 0 amide bonds. The van der Waals surface area contributed by atoms with Crippen molar-refractivity contribution in [1.82, 2.24) is 0 Å². The summed E-state index contributed by atoms with van der Waals surface area (Å²) >= 11 is 0. The van der Waals surface area contributed by atoms with Crippen molar-refractivity contribution in [2.45, 2.75) is 26.4 Å². The van der Waals surface area contributed by atoms with Crippen molar-refractivity contribution < 1.29 is 14.6 Å². The molecule has 0 spiro atoms. The van der Waals surface area contributed by atoms with E-state index < -0.39 is 0 Å². The van der Waals surface area contributed by atoms with Gasteiger partial charge in [0.2, 0.25) is 0 Å². The summed E-state index contributed by atoms with van der Waals surface area (Å²) < 4.78 is 13.8. The molecule has 2 N–H and O–H groups in total. The highest BCUT2D eigenvalue weighted by Crippen LogP contribution is 2.21. The third-order valence-corrected chi connectivity index (χ3v) is 2.69. The maximum atomic E-state index is 13.8. The standard InChI is InChI=1S/C13H20FNO2/c1-2-3-6-15(7-8-16)13-5-4-11(10-17)9-12(13)14/h4-5,9,16-17H,2-3,6-8,10H2,1H3. The SMILES string of the molecule is CCCCN(CCO)c1ccc(CO)cc1F. The first-order chi connectivity index (χ1) is 8.22. The topological polar surface area (TPSA) is 43.7 Å². The van der Waals surface area contributed by atoms with E-state index >= 15 is 0 Å². The molecule has 0 bridgehead atoms. The van der Waals surface area contributed by atoms with Gasteiger partial charge < -0.3 is 15.1 Å². The second kappa shape index (κ2) is 7.25. The second-order valence-corrected chi connectivity index (χ2v) is 4.01. The fourth-order valence-electron chi connectivity index (χ4n) is 1.73. The van der Waals surface area contributed by atoms with Crippen molar-refractivity contribution in [2.24, 2.45) is 0 Å². The Morgan fingerprint density at radius 3 is 2.53 bits per heavy atom. The van der Waals surface area contributed by atoms with Crippen LogP contribution >= 0.6 is 0 Å². The molecule has 1 aromatic carbocycles. The average Bonchev–Trinajstić information content (AvgIpc) is 2.34. The van der Waals surface area contributed by atoms with Gasteiger partial charge in [0.15, 0.2) is 0 Å². The van der Waals surface area contributed by atoms with Crippen molar-refractivity contribution in [3.63, 3.8) is 0 Å². The fourth-order valence-corrected chi connectivity index (χ4v) is 1.73. The summed E-state index contributed by atoms with van der Waals surface area (Å²) in [4.78, 5) is 1.83. The van der Waals surface area contributed by atoms with E-state index in [9.17, 15) is 4.39 Å². The van der Waals surface area contributed by atoms with E-state index in [2.05, 4.69) is 6.92 Å². The minimum absolute atomic E-state index is 0.00487. The Labute approximate surface area is 101 Å². The number of hydrogen-bond donors (Lipinski definition) is 2. The number of aliphatic hydroxyl groups is 2. The van der Waals surface area contributed by atoms with E-state index in [4.69, 9.17) is 10.2 Å². The number of halogens is 1. The van der Waals surface area contributed by atoms with E-state index in [1.807, 2.05) is 4.90 Å². The smallest absolute Gasteiger partial charge is 0.146 e. The number of benzene rings is 1. The zero-order chi connectivity index (χ0) is 12.7. The molecule has 0 fully saturated rings. The van der Waals surface area contributed by atoms with Crippen LogP contribution in [-0.4, -0.2) is 29.9 Å². The highest BCUT2D eigenvalue weighted by molar-refractivity contribution is 5.49. The number of anilines is 1. The molecule has 1 aromatic rings. The highest BCUT2D eigenvalue weighted by Gasteiger charge is 2.11. The van der Waals surface area contributed by atoms with Crippen LogP contribution in [0.1, 0.15) is 25.3 Å². The first-order valence-electron chi connectivity index (χ1n) is 5.98. The fraction of sp³-hybridized carbons (Fsp3) is 0.538. The van der Waals surface area contributed by atoms with Gasteiger partial charge in [0.05, 0.1) is 18.9 Å². The normalized spacial score (nSPS) is 10.6. The van der Waals surface area contributed by atoms with Gasteiger partial charge in [0, 0.05) is 13.1 Å². The van der Waals surface area contributed by atoms with Gasteiger partial charge in [-0.25, -0.2) is 4.39 Å². The van der Waals surface area contributed by atoms with Crippen molar-refractivity contribution in [1.29, 1.82) is 0 Å². The predicted molar refractivity (Wildman–Crippen MR) is 66.5 cm³/mol. The largest absolute Gasteiger partial charge is 0.395 e. The molecule has 0 saturated carbocycles. The van der Waals surface area contributed by atoms with Crippen LogP contribution in [0.5, 0.6) is 0 Å². The molecule has 17 heavy (non-hydrogen) atoms. The van der Waals surface area contributed by atoms with Gasteiger partial charge in [-0.15, -0.1) is 0 Å². The quantitative estimate of drug-likeness (QED) is 0.766.